The van der Waals surface area contributed by atoms with E-state index in [1.807, 2.05) is 13.8 Å². The largest absolute Gasteiger partial charge is 0.481 e. The summed E-state index contributed by atoms with van der Waals surface area (Å²) in [5.41, 5.74) is 0. The van der Waals surface area contributed by atoms with Crippen molar-refractivity contribution in [2.24, 2.45) is 5.92 Å². The van der Waals surface area contributed by atoms with E-state index < -0.39 is 5.97 Å². The number of carbonyl (C=O) groups excluding carboxylic acids is 2. The predicted octanol–water partition coefficient (Wildman–Crippen LogP) is 1.00. The Hall–Kier alpha value is -1.59. The molecule has 1 rings (SSSR count). The zero-order chi connectivity index (χ0) is 15.1. The Bertz CT molecular complexity index is 368. The first-order valence-electron chi connectivity index (χ1n) is 7.20. The number of aliphatic carboxylic acids is 1. The zero-order valence-corrected chi connectivity index (χ0v) is 12.2. The van der Waals surface area contributed by atoms with Gasteiger partial charge >= 0.3 is 5.97 Å². The molecule has 20 heavy (non-hydrogen) atoms. The van der Waals surface area contributed by atoms with E-state index in [4.69, 9.17) is 5.11 Å². The van der Waals surface area contributed by atoms with Gasteiger partial charge in [-0.3, -0.25) is 14.4 Å². The minimum atomic E-state index is -0.785. The smallest absolute Gasteiger partial charge is 0.303 e. The van der Waals surface area contributed by atoms with Crippen LogP contribution in [-0.2, 0) is 14.4 Å². The monoisotopic (exact) mass is 284 g/mol. The van der Waals surface area contributed by atoms with Crippen LogP contribution in [0.5, 0.6) is 0 Å². The van der Waals surface area contributed by atoms with Crippen molar-refractivity contribution in [3.8, 4) is 0 Å². The lowest BCUT2D eigenvalue weighted by molar-refractivity contribution is -0.137. The lowest BCUT2D eigenvalue weighted by atomic mass is 10.1. The topological polar surface area (TPSA) is 86.7 Å². The molecule has 1 fully saturated rings. The fourth-order valence-electron chi connectivity index (χ4n) is 2.34. The lowest BCUT2D eigenvalue weighted by Gasteiger charge is -2.20. The molecular formula is C14H24N2O4. The summed E-state index contributed by atoms with van der Waals surface area (Å²) in [6.45, 7) is 4.94. The van der Waals surface area contributed by atoms with Gasteiger partial charge in [-0.05, 0) is 26.7 Å². The van der Waals surface area contributed by atoms with Crippen LogP contribution in [0.4, 0.5) is 0 Å². The van der Waals surface area contributed by atoms with Gasteiger partial charge in [-0.2, -0.15) is 0 Å². The summed E-state index contributed by atoms with van der Waals surface area (Å²) >= 11 is 0. The number of amides is 2. The molecule has 6 nitrogen and oxygen atoms in total. The van der Waals surface area contributed by atoms with Gasteiger partial charge in [0.25, 0.3) is 0 Å². The Morgan fingerprint density at radius 3 is 2.60 bits per heavy atom. The molecule has 0 aromatic heterocycles. The van der Waals surface area contributed by atoms with Gasteiger partial charge < -0.3 is 15.3 Å². The number of carboxylic acids is 1. The van der Waals surface area contributed by atoms with Crippen molar-refractivity contribution < 1.29 is 19.5 Å². The molecule has 1 aliphatic heterocycles. The highest BCUT2D eigenvalue weighted by Crippen LogP contribution is 2.20. The average molecular weight is 284 g/mol. The maximum Gasteiger partial charge on any atom is 0.303 e. The van der Waals surface area contributed by atoms with Crippen molar-refractivity contribution in [3.63, 3.8) is 0 Å². The number of unbranched alkanes of at least 4 members (excludes halogenated alkanes) is 2. The second-order valence-corrected chi connectivity index (χ2v) is 5.54. The number of rotatable bonds is 8. The minimum Gasteiger partial charge on any atom is -0.481 e. The molecule has 0 aromatic rings. The zero-order valence-electron chi connectivity index (χ0n) is 12.2. The second kappa shape index (κ2) is 7.87. The standard InChI is InChI=1S/C14H24N2O4/c1-10(2)16-9-11(8-12(16)17)14(20)15-7-5-3-4-6-13(18)19/h10-11H,3-9H2,1-2H3,(H,15,20)(H,18,19). The predicted molar refractivity (Wildman–Crippen MR) is 74.1 cm³/mol. The van der Waals surface area contributed by atoms with Crippen LogP contribution in [0.15, 0.2) is 0 Å². The lowest BCUT2D eigenvalue weighted by Crippen LogP contribution is -2.35. The highest BCUT2D eigenvalue weighted by atomic mass is 16.4. The van der Waals surface area contributed by atoms with Crippen molar-refractivity contribution in [2.75, 3.05) is 13.1 Å². The summed E-state index contributed by atoms with van der Waals surface area (Å²) in [5, 5.41) is 11.3. The molecule has 114 valence electrons. The molecular weight excluding hydrogens is 260 g/mol. The molecule has 0 aliphatic carbocycles. The van der Waals surface area contributed by atoms with Gasteiger partial charge in [0, 0.05) is 32.0 Å². The third-order valence-corrected chi connectivity index (χ3v) is 3.52. The van der Waals surface area contributed by atoms with Gasteiger partial charge in [0.2, 0.25) is 11.8 Å². The van der Waals surface area contributed by atoms with Crippen molar-refractivity contribution in [1.82, 2.24) is 10.2 Å². The Balaban J connectivity index is 2.18. The van der Waals surface area contributed by atoms with Crippen LogP contribution in [0, 0.1) is 5.92 Å². The molecule has 2 amide bonds. The summed E-state index contributed by atoms with van der Waals surface area (Å²) < 4.78 is 0. The first-order chi connectivity index (χ1) is 9.41. The normalized spacial score (nSPS) is 18.6. The number of carboxylic acid groups (broad SMARTS) is 1. The van der Waals surface area contributed by atoms with Crippen LogP contribution in [0.2, 0.25) is 0 Å². The summed E-state index contributed by atoms with van der Waals surface area (Å²) in [4.78, 5) is 35.7. The van der Waals surface area contributed by atoms with E-state index in [1.54, 1.807) is 4.90 Å². The van der Waals surface area contributed by atoms with E-state index in [1.165, 1.54) is 0 Å². The highest BCUT2D eigenvalue weighted by molar-refractivity contribution is 5.89. The van der Waals surface area contributed by atoms with Gasteiger partial charge in [0.15, 0.2) is 0 Å². The number of hydrogen-bond acceptors (Lipinski definition) is 3. The minimum absolute atomic E-state index is 0.0432. The number of nitrogens with one attached hydrogen (secondary N) is 1. The summed E-state index contributed by atoms with van der Waals surface area (Å²) in [6, 6.07) is 0.135. The Labute approximate surface area is 119 Å². The summed E-state index contributed by atoms with van der Waals surface area (Å²) in [7, 11) is 0. The first-order valence-corrected chi connectivity index (χ1v) is 7.20. The number of nitrogens with zero attached hydrogens (tertiary/aromatic N) is 1. The quantitative estimate of drug-likeness (QED) is 0.651. The summed E-state index contributed by atoms with van der Waals surface area (Å²) in [6.07, 6.45) is 2.66. The maximum atomic E-state index is 11.9. The average Bonchev–Trinajstić information content (AvgIpc) is 2.75. The molecule has 1 heterocycles. The van der Waals surface area contributed by atoms with E-state index in [2.05, 4.69) is 5.32 Å². The van der Waals surface area contributed by atoms with E-state index in [0.717, 1.165) is 12.8 Å². The van der Waals surface area contributed by atoms with E-state index >= 15 is 0 Å². The van der Waals surface area contributed by atoms with Crippen molar-refractivity contribution in [2.45, 2.75) is 52.0 Å². The van der Waals surface area contributed by atoms with Crippen LogP contribution >= 0.6 is 0 Å². The molecule has 1 atom stereocenters. The fraction of sp³-hybridized carbons (Fsp3) is 0.786. The number of carbonyl (C=O) groups is 3. The van der Waals surface area contributed by atoms with Crippen LogP contribution in [0.1, 0.15) is 46.0 Å². The molecule has 0 radical (unpaired) electrons. The van der Waals surface area contributed by atoms with Gasteiger partial charge in [-0.25, -0.2) is 0 Å². The van der Waals surface area contributed by atoms with Crippen molar-refractivity contribution in [3.05, 3.63) is 0 Å². The van der Waals surface area contributed by atoms with Crippen LogP contribution in [0.3, 0.4) is 0 Å². The third-order valence-electron chi connectivity index (χ3n) is 3.52. The molecule has 0 saturated carbocycles. The summed E-state index contributed by atoms with van der Waals surface area (Å²) in [5.74, 6) is -1.06. The molecule has 1 unspecified atom stereocenters. The van der Waals surface area contributed by atoms with Gasteiger partial charge in [0.1, 0.15) is 0 Å². The molecule has 1 aliphatic rings. The van der Waals surface area contributed by atoms with Crippen LogP contribution in [-0.4, -0.2) is 46.9 Å². The first kappa shape index (κ1) is 16.5. The number of likely N-dealkylation sites (tertiary alicyclic amines) is 1. The highest BCUT2D eigenvalue weighted by Gasteiger charge is 2.35. The fourth-order valence-corrected chi connectivity index (χ4v) is 2.34. The van der Waals surface area contributed by atoms with Gasteiger partial charge in [-0.15, -0.1) is 0 Å². The third kappa shape index (κ3) is 5.19. The SMILES string of the molecule is CC(C)N1CC(C(=O)NCCCCCC(=O)O)CC1=O. The van der Waals surface area contributed by atoms with Crippen LogP contribution < -0.4 is 5.32 Å². The van der Waals surface area contributed by atoms with E-state index in [0.29, 0.717) is 25.9 Å². The Morgan fingerprint density at radius 1 is 1.35 bits per heavy atom. The Morgan fingerprint density at radius 2 is 2.05 bits per heavy atom. The van der Waals surface area contributed by atoms with Crippen molar-refractivity contribution in [1.29, 1.82) is 0 Å². The molecule has 2 N–H and O–H groups in total. The van der Waals surface area contributed by atoms with E-state index in [-0.39, 0.29) is 30.2 Å². The van der Waals surface area contributed by atoms with E-state index in [9.17, 15) is 14.4 Å². The van der Waals surface area contributed by atoms with Gasteiger partial charge in [0.05, 0.1) is 5.92 Å². The second-order valence-electron chi connectivity index (χ2n) is 5.54. The molecule has 0 spiro atoms. The molecule has 0 aromatic carbocycles. The Kier molecular flexibility index (Phi) is 6.48. The van der Waals surface area contributed by atoms with Crippen molar-refractivity contribution >= 4 is 17.8 Å². The molecule has 6 heteroatoms. The molecule has 1 saturated heterocycles. The molecule has 0 bridgehead atoms. The maximum absolute atomic E-state index is 11.9. The van der Waals surface area contributed by atoms with Crippen LogP contribution in [0.25, 0.3) is 0 Å². The van der Waals surface area contributed by atoms with Gasteiger partial charge in [-0.1, -0.05) is 6.42 Å². The number of hydrogen-bond donors (Lipinski definition) is 2.